The van der Waals surface area contributed by atoms with Crippen molar-refractivity contribution in [3.63, 3.8) is 0 Å². The van der Waals surface area contributed by atoms with Gasteiger partial charge in [0, 0.05) is 16.5 Å². The van der Waals surface area contributed by atoms with Crippen LogP contribution in [0.15, 0.2) is 53.1 Å². The number of carbonyl (C=O) groups excluding carboxylic acids is 1. The number of carbonyl (C=O) groups is 1. The van der Waals surface area contributed by atoms with Crippen molar-refractivity contribution >= 4 is 21.7 Å². The Bertz CT molecular complexity index is 958. The fourth-order valence-corrected chi connectivity index (χ4v) is 3.79. The smallest absolute Gasteiger partial charge is 0.158 e. The van der Waals surface area contributed by atoms with Gasteiger partial charge in [0.05, 0.1) is 11.9 Å². The summed E-state index contributed by atoms with van der Waals surface area (Å²) in [7, 11) is 0. The molecule has 0 bridgehead atoms. The molecule has 25 heavy (non-hydrogen) atoms. The molecule has 0 fully saturated rings. The number of halogens is 1. The number of nitrogens with zero attached hydrogens (tertiary/aromatic N) is 2. The van der Waals surface area contributed by atoms with E-state index in [4.69, 9.17) is 0 Å². The minimum atomic E-state index is 0.177. The lowest BCUT2D eigenvalue weighted by Gasteiger charge is -2.18. The van der Waals surface area contributed by atoms with Crippen molar-refractivity contribution in [2.24, 2.45) is 0 Å². The van der Waals surface area contributed by atoms with E-state index >= 15 is 0 Å². The molecule has 3 aromatic rings. The zero-order chi connectivity index (χ0) is 17.4. The van der Waals surface area contributed by atoms with Gasteiger partial charge in [0.25, 0.3) is 0 Å². The number of benzene rings is 2. The van der Waals surface area contributed by atoms with Gasteiger partial charge in [-0.2, -0.15) is 5.10 Å². The molecule has 0 atom stereocenters. The number of ketones is 1. The van der Waals surface area contributed by atoms with E-state index in [1.54, 1.807) is 0 Å². The Hall–Kier alpha value is -2.20. The Morgan fingerprint density at radius 3 is 2.80 bits per heavy atom. The van der Waals surface area contributed by atoms with Crippen LogP contribution in [0.5, 0.6) is 0 Å². The van der Waals surface area contributed by atoms with Gasteiger partial charge in [0.2, 0.25) is 0 Å². The second-order valence-corrected chi connectivity index (χ2v) is 7.49. The monoisotopic (exact) mass is 394 g/mol. The van der Waals surface area contributed by atoms with Gasteiger partial charge in [-0.15, -0.1) is 0 Å². The van der Waals surface area contributed by atoms with Crippen LogP contribution < -0.4 is 0 Å². The zero-order valence-electron chi connectivity index (χ0n) is 14.1. The van der Waals surface area contributed by atoms with E-state index in [1.165, 1.54) is 16.7 Å². The number of hydrogen-bond donors (Lipinski definition) is 0. The van der Waals surface area contributed by atoms with E-state index in [-0.39, 0.29) is 5.78 Å². The first kappa shape index (κ1) is 16.3. The summed E-state index contributed by atoms with van der Waals surface area (Å²) in [5, 5.41) is 4.50. The normalized spacial score (nSPS) is 12.6. The van der Waals surface area contributed by atoms with Gasteiger partial charge in [-0.25, -0.2) is 0 Å². The summed E-state index contributed by atoms with van der Waals surface area (Å²) >= 11 is 3.50. The molecule has 1 aliphatic rings. The van der Waals surface area contributed by atoms with Gasteiger partial charge in [-0.3, -0.25) is 9.48 Å². The molecule has 4 rings (SSSR count). The lowest BCUT2D eigenvalue weighted by atomic mass is 9.90. The highest BCUT2D eigenvalue weighted by Gasteiger charge is 2.21. The first-order chi connectivity index (χ1) is 12.1. The molecule has 126 valence electrons. The number of Topliss-reactive ketones (excluding diaryl/α,β-unsaturated/α-hetero) is 1. The maximum Gasteiger partial charge on any atom is 0.158 e. The first-order valence-electron chi connectivity index (χ1n) is 8.51. The van der Waals surface area contributed by atoms with E-state index < -0.39 is 0 Å². The average molecular weight is 395 g/mol. The second-order valence-electron chi connectivity index (χ2n) is 6.63. The topological polar surface area (TPSA) is 34.9 Å². The van der Waals surface area contributed by atoms with Gasteiger partial charge in [0.1, 0.15) is 6.54 Å². The summed E-state index contributed by atoms with van der Waals surface area (Å²) in [4.78, 5) is 12.6. The Balaban J connectivity index is 1.57. The molecule has 0 radical (unpaired) electrons. The second kappa shape index (κ2) is 6.60. The van der Waals surface area contributed by atoms with Crippen molar-refractivity contribution in [1.29, 1.82) is 0 Å². The number of rotatable bonds is 4. The molecule has 3 nitrogen and oxygen atoms in total. The summed E-state index contributed by atoms with van der Waals surface area (Å²) in [6, 6.07) is 14.5. The van der Waals surface area contributed by atoms with E-state index in [0.717, 1.165) is 34.1 Å². The van der Waals surface area contributed by atoms with Crippen molar-refractivity contribution in [3.05, 3.63) is 75.4 Å². The summed E-state index contributed by atoms with van der Waals surface area (Å²) in [5.41, 5.74) is 7.11. The molecule has 0 amide bonds. The highest BCUT2D eigenvalue weighted by molar-refractivity contribution is 9.10. The van der Waals surface area contributed by atoms with Crippen LogP contribution >= 0.6 is 15.9 Å². The number of aromatic nitrogens is 2. The van der Waals surface area contributed by atoms with Crippen molar-refractivity contribution < 1.29 is 4.79 Å². The number of hydrogen-bond acceptors (Lipinski definition) is 2. The molecular weight excluding hydrogens is 376 g/mol. The molecule has 0 saturated heterocycles. The standard InChI is InChI=1S/C21H19BrN2O/c1-14-10-15(6-9-20(14)22)11-18(25)13-24-21-17(12-23-24)8-7-16-4-2-3-5-19(16)21/h2-6,9-10,12H,7-8,11,13H2,1H3. The molecule has 0 aliphatic heterocycles. The van der Waals surface area contributed by atoms with E-state index in [1.807, 2.05) is 29.9 Å². The summed E-state index contributed by atoms with van der Waals surface area (Å²) < 4.78 is 2.95. The Labute approximate surface area is 155 Å². The summed E-state index contributed by atoms with van der Waals surface area (Å²) in [6.45, 7) is 2.36. The first-order valence-corrected chi connectivity index (χ1v) is 9.31. The van der Waals surface area contributed by atoms with Crippen molar-refractivity contribution in [1.82, 2.24) is 9.78 Å². The van der Waals surface area contributed by atoms with E-state index in [2.05, 4.69) is 51.4 Å². The van der Waals surface area contributed by atoms with Crippen LogP contribution in [-0.4, -0.2) is 15.6 Å². The molecule has 1 aromatic heterocycles. The third-order valence-corrected chi connectivity index (χ3v) is 5.69. The van der Waals surface area contributed by atoms with Crippen LogP contribution in [0.25, 0.3) is 11.3 Å². The molecule has 0 spiro atoms. The maximum absolute atomic E-state index is 12.6. The highest BCUT2D eigenvalue weighted by atomic mass is 79.9. The van der Waals surface area contributed by atoms with Crippen LogP contribution in [0.3, 0.4) is 0 Å². The minimum Gasteiger partial charge on any atom is -0.297 e. The van der Waals surface area contributed by atoms with Crippen LogP contribution in [0.1, 0.15) is 22.3 Å². The molecule has 1 heterocycles. The van der Waals surface area contributed by atoms with Crippen LogP contribution in [0, 0.1) is 6.92 Å². The fraction of sp³-hybridized carbons (Fsp3) is 0.238. The highest BCUT2D eigenvalue weighted by Crippen LogP contribution is 2.33. The molecule has 0 saturated carbocycles. The molecule has 4 heteroatoms. The van der Waals surface area contributed by atoms with Crippen molar-refractivity contribution in [2.75, 3.05) is 0 Å². The van der Waals surface area contributed by atoms with Crippen molar-refractivity contribution in [2.45, 2.75) is 32.7 Å². The minimum absolute atomic E-state index is 0.177. The Morgan fingerprint density at radius 1 is 1.16 bits per heavy atom. The molecule has 2 aromatic carbocycles. The van der Waals surface area contributed by atoms with Gasteiger partial charge in [0.15, 0.2) is 5.78 Å². The largest absolute Gasteiger partial charge is 0.297 e. The average Bonchev–Trinajstić information content (AvgIpc) is 3.01. The SMILES string of the molecule is Cc1cc(CC(=O)Cn2ncc3c2-c2ccccc2CC3)ccc1Br. The lowest BCUT2D eigenvalue weighted by Crippen LogP contribution is -2.16. The predicted molar refractivity (Wildman–Crippen MR) is 103 cm³/mol. The summed E-state index contributed by atoms with van der Waals surface area (Å²) in [6.07, 6.45) is 4.39. The maximum atomic E-state index is 12.6. The lowest BCUT2D eigenvalue weighted by molar-refractivity contribution is -0.119. The van der Waals surface area contributed by atoms with Crippen LogP contribution in [-0.2, 0) is 30.6 Å². The van der Waals surface area contributed by atoms with Gasteiger partial charge < -0.3 is 0 Å². The van der Waals surface area contributed by atoms with Crippen LogP contribution in [0.4, 0.5) is 0 Å². The Morgan fingerprint density at radius 2 is 1.96 bits per heavy atom. The zero-order valence-corrected chi connectivity index (χ0v) is 15.7. The van der Waals surface area contributed by atoms with E-state index in [9.17, 15) is 4.79 Å². The quantitative estimate of drug-likeness (QED) is 0.651. The third-order valence-electron chi connectivity index (χ3n) is 4.80. The number of fused-ring (bicyclic) bond motifs is 3. The number of aryl methyl sites for hydroxylation is 3. The molecule has 0 N–H and O–H groups in total. The Kier molecular flexibility index (Phi) is 4.30. The van der Waals surface area contributed by atoms with Gasteiger partial charge in [-0.05, 0) is 48.1 Å². The van der Waals surface area contributed by atoms with Crippen LogP contribution in [0.2, 0.25) is 0 Å². The van der Waals surface area contributed by atoms with Crippen molar-refractivity contribution in [3.8, 4) is 11.3 Å². The molecule has 1 aliphatic carbocycles. The molecular formula is C21H19BrN2O. The molecule has 0 unspecified atom stereocenters. The van der Waals surface area contributed by atoms with Gasteiger partial charge in [-0.1, -0.05) is 52.3 Å². The predicted octanol–water partition coefficient (Wildman–Crippen LogP) is 4.53. The fourth-order valence-electron chi connectivity index (χ4n) is 3.54. The summed E-state index contributed by atoms with van der Waals surface area (Å²) in [5.74, 6) is 0.177. The van der Waals surface area contributed by atoms with Gasteiger partial charge >= 0.3 is 0 Å². The third kappa shape index (κ3) is 3.19. The van der Waals surface area contributed by atoms with E-state index in [0.29, 0.717) is 13.0 Å².